The van der Waals surface area contributed by atoms with Crippen molar-refractivity contribution in [3.05, 3.63) is 59.2 Å². The molecule has 178 valence electrons. The van der Waals surface area contributed by atoms with Crippen LogP contribution >= 0.6 is 0 Å². The molecule has 0 amide bonds. The van der Waals surface area contributed by atoms with Crippen molar-refractivity contribution < 1.29 is 23.8 Å². The Kier molecular flexibility index (Phi) is 5.45. The second-order valence-electron chi connectivity index (χ2n) is 9.77. The van der Waals surface area contributed by atoms with Gasteiger partial charge < -0.3 is 19.1 Å². The molecule has 2 N–H and O–H groups in total. The van der Waals surface area contributed by atoms with Crippen LogP contribution in [0.1, 0.15) is 43.0 Å². The summed E-state index contributed by atoms with van der Waals surface area (Å²) < 4.78 is 27.7. The predicted molar refractivity (Wildman–Crippen MR) is 127 cm³/mol. The Labute approximate surface area is 196 Å². The Morgan fingerprint density at radius 2 is 2.15 bits per heavy atom. The first-order chi connectivity index (χ1) is 16.2. The first kappa shape index (κ1) is 22.6. The number of nitrogens with zero attached hydrogens (tertiary/aromatic N) is 2. The van der Waals surface area contributed by atoms with Crippen molar-refractivity contribution >= 4 is 27.8 Å². The summed E-state index contributed by atoms with van der Waals surface area (Å²) in [6.45, 7) is 6.74. The van der Waals surface area contributed by atoms with E-state index in [-0.39, 0.29) is 11.7 Å². The molecule has 1 aliphatic heterocycles. The van der Waals surface area contributed by atoms with Gasteiger partial charge in [-0.2, -0.15) is 5.10 Å². The molecule has 8 heteroatoms. The third kappa shape index (κ3) is 3.58. The number of rotatable bonds is 6. The number of aliphatic carboxylic acids is 1. The SMILES string of the molecule is COCC(C)(C)c1c([C@H]2CO[C@H](C(=O)O)C2)c2cc3[nH]ncc3cc2n1-c1ccc(F)c(C)c1. The van der Waals surface area contributed by atoms with E-state index >= 15 is 0 Å². The van der Waals surface area contributed by atoms with Gasteiger partial charge in [0.25, 0.3) is 0 Å². The van der Waals surface area contributed by atoms with E-state index in [0.29, 0.717) is 25.2 Å². The Hall–Kier alpha value is -3.23. The van der Waals surface area contributed by atoms with Gasteiger partial charge in [0.1, 0.15) is 5.82 Å². The summed E-state index contributed by atoms with van der Waals surface area (Å²) in [7, 11) is 1.67. The lowest BCUT2D eigenvalue weighted by Gasteiger charge is -2.29. The van der Waals surface area contributed by atoms with Gasteiger partial charge in [0.15, 0.2) is 6.10 Å². The number of hydrogen-bond donors (Lipinski definition) is 2. The minimum absolute atomic E-state index is 0.113. The average Bonchev–Trinajstić information content (AvgIpc) is 3.50. The second-order valence-corrected chi connectivity index (χ2v) is 9.77. The van der Waals surface area contributed by atoms with Gasteiger partial charge in [-0.15, -0.1) is 0 Å². The number of methoxy groups -OCH3 is 1. The highest BCUT2D eigenvalue weighted by Crippen LogP contribution is 2.45. The maximum atomic E-state index is 14.2. The lowest BCUT2D eigenvalue weighted by molar-refractivity contribution is -0.147. The van der Waals surface area contributed by atoms with Crippen molar-refractivity contribution in [3.8, 4) is 5.69 Å². The van der Waals surface area contributed by atoms with Crippen LogP contribution in [0.25, 0.3) is 27.5 Å². The summed E-state index contributed by atoms with van der Waals surface area (Å²) in [5.41, 5.74) is 4.86. The summed E-state index contributed by atoms with van der Waals surface area (Å²) >= 11 is 0. The Bertz CT molecular complexity index is 1400. The highest BCUT2D eigenvalue weighted by molar-refractivity contribution is 5.99. The molecule has 1 aliphatic rings. The molecule has 1 fully saturated rings. The van der Waals surface area contributed by atoms with Gasteiger partial charge in [-0.3, -0.25) is 5.10 Å². The number of aromatic amines is 1. The number of benzene rings is 2. The van der Waals surface area contributed by atoms with Gasteiger partial charge in [-0.05, 0) is 54.8 Å². The Balaban J connectivity index is 1.88. The molecule has 5 rings (SSSR count). The second kappa shape index (κ2) is 8.21. The molecule has 0 bridgehead atoms. The van der Waals surface area contributed by atoms with Gasteiger partial charge in [-0.1, -0.05) is 13.8 Å². The summed E-state index contributed by atoms with van der Waals surface area (Å²) in [5.74, 6) is -1.32. The molecular weight excluding hydrogens is 437 g/mol. The molecule has 0 aliphatic carbocycles. The van der Waals surface area contributed by atoms with E-state index in [2.05, 4.69) is 40.7 Å². The van der Waals surface area contributed by atoms with Gasteiger partial charge in [0.05, 0.1) is 30.4 Å². The van der Waals surface area contributed by atoms with E-state index in [0.717, 1.165) is 38.8 Å². The Morgan fingerprint density at radius 3 is 2.82 bits per heavy atom. The van der Waals surface area contributed by atoms with Gasteiger partial charge in [0, 0.05) is 40.6 Å². The fraction of sp³-hybridized carbons (Fsp3) is 0.385. The number of ether oxygens (including phenoxy) is 2. The lowest BCUT2D eigenvalue weighted by atomic mass is 9.82. The van der Waals surface area contributed by atoms with Crippen LogP contribution in [0, 0.1) is 12.7 Å². The number of aromatic nitrogens is 3. The quantitative estimate of drug-likeness (QED) is 0.426. The normalized spacial score (nSPS) is 18.9. The van der Waals surface area contributed by atoms with Gasteiger partial charge >= 0.3 is 5.97 Å². The molecule has 7 nitrogen and oxygen atoms in total. The van der Waals surface area contributed by atoms with Crippen molar-refractivity contribution in [2.75, 3.05) is 20.3 Å². The smallest absolute Gasteiger partial charge is 0.332 e. The number of carboxylic acids is 1. The highest BCUT2D eigenvalue weighted by atomic mass is 19.1. The van der Waals surface area contributed by atoms with E-state index in [1.54, 1.807) is 26.3 Å². The Morgan fingerprint density at radius 1 is 1.35 bits per heavy atom. The topological polar surface area (TPSA) is 89.4 Å². The van der Waals surface area contributed by atoms with Crippen LogP contribution in [0.5, 0.6) is 0 Å². The van der Waals surface area contributed by atoms with Crippen molar-refractivity contribution in [1.29, 1.82) is 0 Å². The molecule has 2 atom stereocenters. The number of carboxylic acid groups (broad SMARTS) is 1. The molecule has 0 radical (unpaired) electrons. The van der Waals surface area contributed by atoms with Crippen LogP contribution in [0.4, 0.5) is 4.39 Å². The van der Waals surface area contributed by atoms with E-state index in [9.17, 15) is 14.3 Å². The summed E-state index contributed by atoms with van der Waals surface area (Å²) in [6, 6.07) is 9.25. The summed E-state index contributed by atoms with van der Waals surface area (Å²) in [6.07, 6.45) is 1.32. The van der Waals surface area contributed by atoms with Crippen LogP contribution in [-0.2, 0) is 19.7 Å². The minimum Gasteiger partial charge on any atom is -0.479 e. The molecule has 1 saturated heterocycles. The zero-order valence-electron chi connectivity index (χ0n) is 19.7. The number of nitrogens with one attached hydrogen (secondary N) is 1. The average molecular weight is 466 g/mol. The van der Waals surface area contributed by atoms with Gasteiger partial charge in [-0.25, -0.2) is 9.18 Å². The molecule has 0 saturated carbocycles. The fourth-order valence-corrected chi connectivity index (χ4v) is 5.29. The monoisotopic (exact) mass is 465 g/mol. The van der Waals surface area contributed by atoms with Crippen molar-refractivity contribution in [1.82, 2.24) is 14.8 Å². The molecule has 2 aromatic heterocycles. The van der Waals surface area contributed by atoms with Crippen molar-refractivity contribution in [2.24, 2.45) is 0 Å². The number of fused-ring (bicyclic) bond motifs is 2. The lowest BCUT2D eigenvalue weighted by Crippen LogP contribution is -2.29. The third-order valence-electron chi connectivity index (χ3n) is 6.79. The molecule has 3 heterocycles. The van der Waals surface area contributed by atoms with Crippen LogP contribution in [-0.4, -0.2) is 52.3 Å². The highest BCUT2D eigenvalue weighted by Gasteiger charge is 2.39. The van der Waals surface area contributed by atoms with Crippen LogP contribution in [0.2, 0.25) is 0 Å². The predicted octanol–water partition coefficient (Wildman–Crippen LogP) is 4.84. The zero-order chi connectivity index (χ0) is 24.2. The molecule has 0 unspecified atom stereocenters. The van der Waals surface area contributed by atoms with Crippen LogP contribution < -0.4 is 0 Å². The maximum absolute atomic E-state index is 14.2. The number of carbonyl (C=O) groups is 1. The largest absolute Gasteiger partial charge is 0.479 e. The number of hydrogen-bond acceptors (Lipinski definition) is 4. The fourth-order valence-electron chi connectivity index (χ4n) is 5.29. The number of halogens is 1. The first-order valence-electron chi connectivity index (χ1n) is 11.3. The summed E-state index contributed by atoms with van der Waals surface area (Å²) in [4.78, 5) is 11.7. The molecule has 34 heavy (non-hydrogen) atoms. The maximum Gasteiger partial charge on any atom is 0.332 e. The standard InChI is InChI=1S/C26H28FN3O4/c1-14-7-17(5-6-19(14)27)30-21-8-15-11-28-29-20(15)10-18(21)23(24(30)26(2,3)13-33-4)16-9-22(25(31)32)34-12-16/h5-8,10-11,16,22H,9,12-13H2,1-4H3,(H,28,29)(H,31,32)/t16-,22+/m1/s1. The number of H-pyrrole nitrogens is 1. The van der Waals surface area contributed by atoms with Gasteiger partial charge in [0.2, 0.25) is 0 Å². The summed E-state index contributed by atoms with van der Waals surface area (Å²) in [5, 5.41) is 18.7. The van der Waals surface area contributed by atoms with E-state index < -0.39 is 17.5 Å². The van der Waals surface area contributed by atoms with E-state index in [4.69, 9.17) is 9.47 Å². The zero-order valence-corrected chi connectivity index (χ0v) is 19.7. The first-order valence-corrected chi connectivity index (χ1v) is 11.3. The van der Waals surface area contributed by atoms with Crippen LogP contribution in [0.3, 0.4) is 0 Å². The van der Waals surface area contributed by atoms with Crippen LogP contribution in [0.15, 0.2) is 36.5 Å². The van der Waals surface area contributed by atoms with E-state index in [1.165, 1.54) is 6.07 Å². The molecule has 0 spiro atoms. The third-order valence-corrected chi connectivity index (χ3v) is 6.79. The van der Waals surface area contributed by atoms with Crippen molar-refractivity contribution in [3.63, 3.8) is 0 Å². The van der Waals surface area contributed by atoms with E-state index in [1.807, 2.05) is 6.07 Å². The molecular formula is C26H28FN3O4. The molecule has 4 aromatic rings. The van der Waals surface area contributed by atoms with Crippen molar-refractivity contribution in [2.45, 2.75) is 44.6 Å². The molecule has 2 aromatic carbocycles. The number of aryl methyl sites for hydroxylation is 1. The minimum atomic E-state index is -0.950.